The number of benzene rings is 2. The van der Waals surface area contributed by atoms with Crippen molar-refractivity contribution in [2.24, 2.45) is 0 Å². The van der Waals surface area contributed by atoms with Gasteiger partial charge in [0.2, 0.25) is 0 Å². The quantitative estimate of drug-likeness (QED) is 0.402. The lowest BCUT2D eigenvalue weighted by atomic mass is 9.88. The van der Waals surface area contributed by atoms with Crippen molar-refractivity contribution < 1.29 is 19.2 Å². The number of amides is 1. The van der Waals surface area contributed by atoms with E-state index in [1.807, 2.05) is 18.2 Å². The topological polar surface area (TPSA) is 111 Å². The van der Waals surface area contributed by atoms with Gasteiger partial charge in [0.1, 0.15) is 5.69 Å². The summed E-state index contributed by atoms with van der Waals surface area (Å²) in [7, 11) is 0. The third-order valence-corrected chi connectivity index (χ3v) is 4.81. The van der Waals surface area contributed by atoms with Crippen molar-refractivity contribution in [3.63, 3.8) is 0 Å². The van der Waals surface area contributed by atoms with Crippen LogP contribution in [0.2, 0.25) is 0 Å². The Morgan fingerprint density at radius 2 is 1.90 bits per heavy atom. The number of rotatable bonds is 8. The van der Waals surface area contributed by atoms with Crippen LogP contribution in [0.5, 0.6) is 0 Å². The van der Waals surface area contributed by atoms with Crippen LogP contribution in [0.3, 0.4) is 0 Å². The molecule has 0 aliphatic heterocycles. The van der Waals surface area contributed by atoms with Crippen LogP contribution in [0.1, 0.15) is 36.4 Å². The molecule has 0 bridgehead atoms. The van der Waals surface area contributed by atoms with Crippen LogP contribution in [-0.4, -0.2) is 30.0 Å². The highest BCUT2D eigenvalue weighted by Gasteiger charge is 2.21. The van der Waals surface area contributed by atoms with Gasteiger partial charge in [-0.1, -0.05) is 36.4 Å². The maximum Gasteiger partial charge on any atom is 0.308 e. The van der Waals surface area contributed by atoms with Crippen molar-refractivity contribution in [1.82, 2.24) is 5.32 Å². The lowest BCUT2D eigenvalue weighted by Crippen LogP contribution is -2.34. The molecule has 152 valence electrons. The van der Waals surface area contributed by atoms with E-state index in [1.54, 1.807) is 18.2 Å². The number of fused-ring (bicyclic) bond motifs is 1. The number of aryl methyl sites for hydroxylation is 1. The number of nitro benzene ring substituents is 1. The summed E-state index contributed by atoms with van der Waals surface area (Å²) in [4.78, 5) is 34.5. The highest BCUT2D eigenvalue weighted by Crippen LogP contribution is 2.29. The van der Waals surface area contributed by atoms with E-state index in [0.717, 1.165) is 24.8 Å². The first-order valence-corrected chi connectivity index (χ1v) is 9.54. The van der Waals surface area contributed by atoms with E-state index in [-0.39, 0.29) is 37.2 Å². The summed E-state index contributed by atoms with van der Waals surface area (Å²) in [6, 6.07) is 14.1. The summed E-state index contributed by atoms with van der Waals surface area (Å²) in [6.45, 7) is -0.176. The summed E-state index contributed by atoms with van der Waals surface area (Å²) < 4.78 is 5.02. The summed E-state index contributed by atoms with van der Waals surface area (Å²) in [5.41, 5.74) is 2.63. The molecular formula is C21H23N3O5. The first-order chi connectivity index (χ1) is 14.0. The number of carbonyl (C=O) groups is 2. The Morgan fingerprint density at radius 1 is 1.14 bits per heavy atom. The number of hydrogen-bond acceptors (Lipinski definition) is 6. The van der Waals surface area contributed by atoms with Gasteiger partial charge in [-0.2, -0.15) is 0 Å². The fourth-order valence-electron chi connectivity index (χ4n) is 3.44. The number of hydrogen-bond donors (Lipinski definition) is 2. The third-order valence-electron chi connectivity index (χ3n) is 4.81. The molecule has 8 nitrogen and oxygen atoms in total. The van der Waals surface area contributed by atoms with Crippen LogP contribution in [0, 0.1) is 10.1 Å². The van der Waals surface area contributed by atoms with Gasteiger partial charge in [0.25, 0.3) is 11.6 Å². The summed E-state index contributed by atoms with van der Waals surface area (Å²) in [6.07, 6.45) is 2.85. The van der Waals surface area contributed by atoms with E-state index < -0.39 is 10.9 Å². The largest absolute Gasteiger partial charge is 0.456 e. The van der Waals surface area contributed by atoms with Gasteiger partial charge in [-0.3, -0.25) is 19.7 Å². The van der Waals surface area contributed by atoms with Crippen molar-refractivity contribution in [3.8, 4) is 0 Å². The molecule has 2 aromatic carbocycles. The number of ether oxygens (including phenoxy) is 1. The number of nitrogens with zero attached hydrogens (tertiary/aromatic N) is 1. The number of nitro groups is 1. The van der Waals surface area contributed by atoms with E-state index in [1.165, 1.54) is 11.6 Å². The van der Waals surface area contributed by atoms with Crippen molar-refractivity contribution in [1.29, 1.82) is 0 Å². The molecule has 1 aliphatic carbocycles. The Labute approximate surface area is 168 Å². The van der Waals surface area contributed by atoms with E-state index in [9.17, 15) is 19.7 Å². The van der Waals surface area contributed by atoms with Crippen molar-refractivity contribution in [2.45, 2.75) is 31.7 Å². The second kappa shape index (κ2) is 9.68. The standard InChI is InChI=1S/C21H23N3O5/c25-20(23-17-10-5-7-15-6-1-2-8-16(15)17)14-29-21(26)12-13-22-18-9-3-4-11-19(18)24(27)28/h1-4,6,8-9,11,17,22H,5,7,10,12-14H2,(H,23,25). The zero-order chi connectivity index (χ0) is 20.6. The zero-order valence-electron chi connectivity index (χ0n) is 15.9. The molecule has 0 fully saturated rings. The maximum atomic E-state index is 12.2. The number of para-hydroxylation sites is 2. The number of anilines is 1. The highest BCUT2D eigenvalue weighted by atomic mass is 16.6. The van der Waals surface area contributed by atoms with Gasteiger partial charge in [-0.25, -0.2) is 0 Å². The molecule has 1 unspecified atom stereocenters. The van der Waals surface area contributed by atoms with E-state index in [2.05, 4.69) is 16.7 Å². The number of nitrogens with one attached hydrogen (secondary N) is 2. The van der Waals surface area contributed by atoms with Gasteiger partial charge < -0.3 is 15.4 Å². The molecule has 29 heavy (non-hydrogen) atoms. The predicted octanol–water partition coefficient (Wildman–Crippen LogP) is 3.13. The Kier molecular flexibility index (Phi) is 6.78. The SMILES string of the molecule is O=C(COC(=O)CCNc1ccccc1[N+](=O)[O-])NC1CCCc2ccccc21. The smallest absolute Gasteiger partial charge is 0.308 e. The Morgan fingerprint density at radius 3 is 2.72 bits per heavy atom. The monoisotopic (exact) mass is 397 g/mol. The first kappa shape index (κ1) is 20.3. The van der Waals surface area contributed by atoms with Gasteiger partial charge in [-0.15, -0.1) is 0 Å². The molecule has 2 N–H and O–H groups in total. The minimum atomic E-state index is -0.546. The number of carbonyl (C=O) groups excluding carboxylic acids is 2. The van der Waals surface area contributed by atoms with E-state index in [4.69, 9.17) is 4.74 Å². The van der Waals surface area contributed by atoms with E-state index >= 15 is 0 Å². The van der Waals surface area contributed by atoms with Crippen LogP contribution in [0.15, 0.2) is 48.5 Å². The van der Waals surface area contributed by atoms with Crippen molar-refractivity contribution >= 4 is 23.3 Å². The molecule has 0 radical (unpaired) electrons. The van der Waals surface area contributed by atoms with Gasteiger partial charge in [-0.05, 0) is 36.5 Å². The van der Waals surface area contributed by atoms with Crippen molar-refractivity contribution in [2.75, 3.05) is 18.5 Å². The lowest BCUT2D eigenvalue weighted by Gasteiger charge is -2.26. The fourth-order valence-corrected chi connectivity index (χ4v) is 3.44. The normalized spacial score (nSPS) is 15.1. The lowest BCUT2D eigenvalue weighted by molar-refractivity contribution is -0.384. The van der Waals surface area contributed by atoms with Gasteiger partial charge in [0.15, 0.2) is 6.61 Å². The molecule has 3 rings (SSSR count). The second-order valence-electron chi connectivity index (χ2n) is 6.82. The number of esters is 1. The summed E-state index contributed by atoms with van der Waals surface area (Å²) in [5.74, 6) is -0.887. The molecule has 1 aliphatic rings. The molecule has 1 atom stereocenters. The molecule has 1 amide bonds. The summed E-state index contributed by atoms with van der Waals surface area (Å²) >= 11 is 0. The summed E-state index contributed by atoms with van der Waals surface area (Å²) in [5, 5.41) is 16.7. The van der Waals surface area contributed by atoms with Crippen LogP contribution >= 0.6 is 0 Å². The Hall–Kier alpha value is -3.42. The van der Waals surface area contributed by atoms with Gasteiger partial charge in [0, 0.05) is 12.6 Å². The molecule has 0 aromatic heterocycles. The highest BCUT2D eigenvalue weighted by molar-refractivity contribution is 5.81. The molecule has 0 saturated heterocycles. The minimum Gasteiger partial charge on any atom is -0.456 e. The van der Waals surface area contributed by atoms with E-state index in [0.29, 0.717) is 5.69 Å². The molecular weight excluding hydrogens is 374 g/mol. The van der Waals surface area contributed by atoms with Crippen LogP contribution in [0.4, 0.5) is 11.4 Å². The first-order valence-electron chi connectivity index (χ1n) is 9.54. The molecule has 0 spiro atoms. The average molecular weight is 397 g/mol. The van der Waals surface area contributed by atoms with Crippen molar-refractivity contribution in [3.05, 3.63) is 69.8 Å². The van der Waals surface area contributed by atoms with Crippen LogP contribution < -0.4 is 10.6 Å². The van der Waals surface area contributed by atoms with Gasteiger partial charge >= 0.3 is 5.97 Å². The predicted molar refractivity (Wildman–Crippen MR) is 107 cm³/mol. The molecule has 2 aromatic rings. The zero-order valence-corrected chi connectivity index (χ0v) is 15.9. The van der Waals surface area contributed by atoms with Gasteiger partial charge in [0.05, 0.1) is 17.4 Å². The Balaban J connectivity index is 1.41. The third kappa shape index (κ3) is 5.54. The average Bonchev–Trinajstić information content (AvgIpc) is 2.73. The van der Waals surface area contributed by atoms with Crippen LogP contribution in [0.25, 0.3) is 0 Å². The minimum absolute atomic E-state index is 0.00834. The molecule has 0 heterocycles. The second-order valence-corrected chi connectivity index (χ2v) is 6.82. The molecule has 8 heteroatoms. The fraction of sp³-hybridized carbons (Fsp3) is 0.333. The Bertz CT molecular complexity index is 899. The van der Waals surface area contributed by atoms with Crippen LogP contribution in [-0.2, 0) is 20.7 Å². The molecule has 0 saturated carbocycles. The maximum absolute atomic E-state index is 12.2.